The quantitative estimate of drug-likeness (QED) is 0.546. The Morgan fingerprint density at radius 1 is 0.909 bits per heavy atom. The van der Waals surface area contributed by atoms with E-state index in [2.05, 4.69) is 11.0 Å². The fraction of sp³-hybridized carbons (Fsp3) is 0.269. The summed E-state index contributed by atoms with van der Waals surface area (Å²) in [7, 11) is -3.55. The largest absolute Gasteiger partial charge is 0.454 e. The minimum Gasteiger partial charge on any atom is -0.454 e. The van der Waals surface area contributed by atoms with Crippen LogP contribution >= 0.6 is 0 Å². The van der Waals surface area contributed by atoms with E-state index in [0.29, 0.717) is 24.5 Å². The average molecular weight is 462 g/mol. The van der Waals surface area contributed by atoms with Gasteiger partial charge in [-0.1, -0.05) is 35.9 Å². The van der Waals surface area contributed by atoms with Crippen LogP contribution in [0.3, 0.4) is 0 Å². The Bertz CT molecular complexity index is 1340. The topological polar surface area (TPSA) is 62.2 Å². The van der Waals surface area contributed by atoms with Crippen LogP contribution in [0.25, 0.3) is 0 Å². The number of amidine groups is 1. The first kappa shape index (κ1) is 21.7. The normalized spacial score (nSPS) is 18.6. The molecule has 0 spiro atoms. The highest BCUT2D eigenvalue weighted by Gasteiger charge is 2.35. The molecule has 170 valence electrons. The summed E-state index contributed by atoms with van der Waals surface area (Å²) in [4.78, 5) is 7.52. The van der Waals surface area contributed by atoms with E-state index in [0.717, 1.165) is 39.7 Å². The molecule has 3 aromatic rings. The molecule has 2 heterocycles. The minimum absolute atomic E-state index is 0.207. The van der Waals surface area contributed by atoms with Crippen LogP contribution in [0.4, 0.5) is 5.69 Å². The van der Waals surface area contributed by atoms with Gasteiger partial charge in [0.2, 0.25) is 10.0 Å². The molecule has 0 aliphatic carbocycles. The standard InChI is InChI=1S/C26H27N3O3S/c1-18-10-12-24-22(15-18)26(27-23-11-9-19(2)16-25(23)32-24)28-13-14-29(20(3)17-28)33(30,31)21-7-5-4-6-8-21/h4-12,15-16,20H,13-14,17H2,1-3H3. The van der Waals surface area contributed by atoms with Crippen molar-refractivity contribution in [2.45, 2.75) is 31.7 Å². The van der Waals surface area contributed by atoms with Crippen molar-refractivity contribution in [1.82, 2.24) is 9.21 Å². The van der Waals surface area contributed by atoms with Crippen molar-refractivity contribution in [1.29, 1.82) is 0 Å². The van der Waals surface area contributed by atoms with E-state index < -0.39 is 10.0 Å². The summed E-state index contributed by atoms with van der Waals surface area (Å²) >= 11 is 0. The fourth-order valence-corrected chi connectivity index (χ4v) is 6.09. The number of nitrogens with zero attached hydrogens (tertiary/aromatic N) is 3. The molecule has 1 atom stereocenters. The number of rotatable bonds is 2. The minimum atomic E-state index is -3.55. The van der Waals surface area contributed by atoms with Crippen molar-refractivity contribution < 1.29 is 13.2 Å². The maximum atomic E-state index is 13.2. The van der Waals surface area contributed by atoms with Crippen LogP contribution in [0.5, 0.6) is 11.5 Å². The monoisotopic (exact) mass is 461 g/mol. The van der Waals surface area contributed by atoms with Gasteiger partial charge in [-0.15, -0.1) is 0 Å². The average Bonchev–Trinajstić information content (AvgIpc) is 2.95. The number of ether oxygens (including phenoxy) is 1. The Balaban J connectivity index is 1.50. The van der Waals surface area contributed by atoms with Crippen LogP contribution in [0.15, 0.2) is 76.6 Å². The Morgan fingerprint density at radius 3 is 2.39 bits per heavy atom. The van der Waals surface area contributed by atoms with Crippen molar-refractivity contribution in [3.05, 3.63) is 83.4 Å². The zero-order valence-corrected chi connectivity index (χ0v) is 19.8. The van der Waals surface area contributed by atoms with Gasteiger partial charge >= 0.3 is 0 Å². The predicted molar refractivity (Wildman–Crippen MR) is 130 cm³/mol. The van der Waals surface area contributed by atoms with Crippen LogP contribution in [0.1, 0.15) is 23.6 Å². The van der Waals surface area contributed by atoms with Gasteiger partial charge in [0.25, 0.3) is 0 Å². The third-order valence-electron chi connectivity index (χ3n) is 6.15. The number of hydrogen-bond acceptors (Lipinski definition) is 5. The summed E-state index contributed by atoms with van der Waals surface area (Å²) in [5.41, 5.74) is 3.92. The molecule has 2 aliphatic rings. The van der Waals surface area contributed by atoms with Gasteiger partial charge in [-0.25, -0.2) is 13.4 Å². The maximum absolute atomic E-state index is 13.2. The lowest BCUT2D eigenvalue weighted by Crippen LogP contribution is -2.55. The Hall–Kier alpha value is -3.16. The molecule has 7 heteroatoms. The molecule has 2 aliphatic heterocycles. The van der Waals surface area contributed by atoms with Gasteiger partial charge in [-0.2, -0.15) is 4.31 Å². The van der Waals surface area contributed by atoms with E-state index in [1.807, 2.05) is 57.2 Å². The van der Waals surface area contributed by atoms with Crippen LogP contribution in [-0.2, 0) is 10.0 Å². The molecule has 1 fully saturated rings. The summed E-state index contributed by atoms with van der Waals surface area (Å²) in [5.74, 6) is 2.31. The Labute approximate surface area is 195 Å². The first-order valence-corrected chi connectivity index (χ1v) is 12.6. The molecule has 0 bridgehead atoms. The molecule has 0 N–H and O–H groups in total. The summed E-state index contributed by atoms with van der Waals surface area (Å²) in [6.07, 6.45) is 0. The fourth-order valence-electron chi connectivity index (χ4n) is 4.46. The van der Waals surface area contributed by atoms with Gasteiger partial charge in [0.05, 0.1) is 10.5 Å². The molecule has 1 unspecified atom stereocenters. The Kier molecular flexibility index (Phi) is 5.46. The summed E-state index contributed by atoms with van der Waals surface area (Å²) in [5, 5.41) is 0. The molecule has 6 nitrogen and oxygen atoms in total. The molecule has 33 heavy (non-hydrogen) atoms. The van der Waals surface area contributed by atoms with E-state index in [1.54, 1.807) is 28.6 Å². The molecule has 0 saturated carbocycles. The predicted octanol–water partition coefficient (Wildman–Crippen LogP) is 4.88. The number of fused-ring (bicyclic) bond motifs is 2. The van der Waals surface area contributed by atoms with Gasteiger partial charge in [0.15, 0.2) is 5.75 Å². The molecule has 0 amide bonds. The number of aryl methyl sites for hydroxylation is 2. The van der Waals surface area contributed by atoms with E-state index >= 15 is 0 Å². The number of hydrogen-bond donors (Lipinski definition) is 0. The number of benzene rings is 3. The van der Waals surface area contributed by atoms with Gasteiger partial charge in [-0.3, -0.25) is 0 Å². The van der Waals surface area contributed by atoms with Gasteiger partial charge < -0.3 is 9.64 Å². The lowest BCUT2D eigenvalue weighted by atomic mass is 10.1. The van der Waals surface area contributed by atoms with E-state index in [-0.39, 0.29) is 6.04 Å². The maximum Gasteiger partial charge on any atom is 0.243 e. The molecular weight excluding hydrogens is 434 g/mol. The molecule has 3 aromatic carbocycles. The summed E-state index contributed by atoms with van der Waals surface area (Å²) < 4.78 is 34.3. The van der Waals surface area contributed by atoms with Crippen molar-refractivity contribution in [3.8, 4) is 11.5 Å². The van der Waals surface area contributed by atoms with E-state index in [9.17, 15) is 8.42 Å². The zero-order valence-electron chi connectivity index (χ0n) is 19.0. The molecular formula is C26H27N3O3S. The SMILES string of the molecule is Cc1ccc2c(c1)Oc1ccc(C)cc1C(N1CCN(S(=O)(=O)c3ccccc3)C(C)C1)=N2. The zero-order chi connectivity index (χ0) is 23.2. The van der Waals surface area contributed by atoms with Gasteiger partial charge in [-0.05, 0) is 62.7 Å². The lowest BCUT2D eigenvalue weighted by Gasteiger charge is -2.40. The van der Waals surface area contributed by atoms with Crippen molar-refractivity contribution in [3.63, 3.8) is 0 Å². The first-order valence-electron chi connectivity index (χ1n) is 11.1. The van der Waals surface area contributed by atoms with Crippen LogP contribution in [0, 0.1) is 13.8 Å². The summed E-state index contributed by atoms with van der Waals surface area (Å²) in [6, 6.07) is 20.5. The van der Waals surface area contributed by atoms with Gasteiger partial charge in [0.1, 0.15) is 17.3 Å². The first-order chi connectivity index (χ1) is 15.8. The van der Waals surface area contributed by atoms with Crippen molar-refractivity contribution >= 4 is 21.5 Å². The smallest absolute Gasteiger partial charge is 0.243 e. The van der Waals surface area contributed by atoms with Crippen LogP contribution < -0.4 is 4.74 Å². The highest BCUT2D eigenvalue weighted by molar-refractivity contribution is 7.89. The van der Waals surface area contributed by atoms with Crippen molar-refractivity contribution in [2.75, 3.05) is 19.6 Å². The van der Waals surface area contributed by atoms with Crippen LogP contribution in [-0.4, -0.2) is 49.1 Å². The van der Waals surface area contributed by atoms with Crippen LogP contribution in [0.2, 0.25) is 0 Å². The number of aliphatic imine (C=N–C) groups is 1. The second-order valence-electron chi connectivity index (χ2n) is 8.73. The molecule has 1 saturated heterocycles. The van der Waals surface area contributed by atoms with Crippen molar-refractivity contribution in [2.24, 2.45) is 4.99 Å². The second-order valence-corrected chi connectivity index (χ2v) is 10.6. The highest BCUT2D eigenvalue weighted by atomic mass is 32.2. The molecule has 5 rings (SSSR count). The third-order valence-corrected chi connectivity index (χ3v) is 8.18. The summed E-state index contributed by atoms with van der Waals surface area (Å²) in [6.45, 7) is 7.51. The lowest BCUT2D eigenvalue weighted by molar-refractivity contribution is 0.206. The van der Waals surface area contributed by atoms with E-state index in [4.69, 9.17) is 9.73 Å². The Morgan fingerprint density at radius 2 is 1.64 bits per heavy atom. The molecule has 0 radical (unpaired) electrons. The number of piperazine rings is 1. The third kappa shape index (κ3) is 4.03. The highest BCUT2D eigenvalue weighted by Crippen LogP contribution is 2.39. The second kappa shape index (κ2) is 8.32. The van der Waals surface area contributed by atoms with E-state index in [1.165, 1.54) is 0 Å². The number of sulfonamides is 1. The van der Waals surface area contributed by atoms with Gasteiger partial charge in [0, 0.05) is 25.7 Å². The molecule has 0 aromatic heterocycles.